The number of hydrogen-bond donors (Lipinski definition) is 1. The Bertz CT molecular complexity index is 476. The largest absolute Gasteiger partial charge is 0.495 e. The van der Waals surface area contributed by atoms with Crippen LogP contribution in [0.1, 0.15) is 27.2 Å². The lowest BCUT2D eigenvalue weighted by Gasteiger charge is -2.28. The van der Waals surface area contributed by atoms with Crippen molar-refractivity contribution in [3.63, 3.8) is 0 Å². The molecule has 0 fully saturated rings. The van der Waals surface area contributed by atoms with Crippen molar-refractivity contribution in [2.24, 2.45) is 5.92 Å². The van der Waals surface area contributed by atoms with E-state index in [1.165, 1.54) is 0 Å². The molecule has 1 N–H and O–H groups in total. The number of benzene rings is 1. The van der Waals surface area contributed by atoms with Gasteiger partial charge in [-0.05, 0) is 37.5 Å². The van der Waals surface area contributed by atoms with E-state index in [1.54, 1.807) is 39.3 Å². The second-order valence-electron chi connectivity index (χ2n) is 5.34. The fourth-order valence-corrected chi connectivity index (χ4v) is 2.31. The topological polar surface area (TPSA) is 47.6 Å². The molecule has 0 radical (unpaired) electrons. The standard InChI is InChI=1S/C15H22ClNO3/c1-10(2)9-15(3,20-5)14(18)17-11-6-7-13(19-4)12(16)8-11/h6-8,10H,9H2,1-5H3,(H,17,18). The van der Waals surface area contributed by atoms with Crippen molar-refractivity contribution in [1.82, 2.24) is 0 Å². The number of ether oxygens (including phenoxy) is 2. The van der Waals surface area contributed by atoms with Gasteiger partial charge in [0.25, 0.3) is 5.91 Å². The van der Waals surface area contributed by atoms with Gasteiger partial charge in [0.05, 0.1) is 12.1 Å². The van der Waals surface area contributed by atoms with Gasteiger partial charge in [0.2, 0.25) is 0 Å². The van der Waals surface area contributed by atoms with Crippen LogP contribution in [0.25, 0.3) is 0 Å². The molecular weight excluding hydrogens is 278 g/mol. The maximum atomic E-state index is 12.4. The van der Waals surface area contributed by atoms with Crippen molar-refractivity contribution in [3.8, 4) is 5.75 Å². The molecule has 1 rings (SSSR count). The maximum absolute atomic E-state index is 12.4. The Hall–Kier alpha value is -1.26. The van der Waals surface area contributed by atoms with Crippen LogP contribution in [-0.4, -0.2) is 25.7 Å². The molecule has 1 aromatic carbocycles. The highest BCUT2D eigenvalue weighted by Gasteiger charge is 2.33. The molecule has 0 aliphatic carbocycles. The molecule has 0 aromatic heterocycles. The predicted octanol–water partition coefficient (Wildman–Crippen LogP) is 3.74. The van der Waals surface area contributed by atoms with Crippen LogP contribution in [0.3, 0.4) is 0 Å². The summed E-state index contributed by atoms with van der Waals surface area (Å²) in [5.41, 5.74) is -0.242. The van der Waals surface area contributed by atoms with Crippen LogP contribution < -0.4 is 10.1 Å². The van der Waals surface area contributed by atoms with Crippen LogP contribution >= 0.6 is 11.6 Å². The number of halogens is 1. The van der Waals surface area contributed by atoms with Crippen LogP contribution in [0, 0.1) is 5.92 Å². The van der Waals surface area contributed by atoms with Crippen LogP contribution in [-0.2, 0) is 9.53 Å². The number of nitrogens with one attached hydrogen (secondary N) is 1. The number of rotatable bonds is 6. The van der Waals surface area contributed by atoms with Crippen molar-refractivity contribution < 1.29 is 14.3 Å². The normalized spacial score (nSPS) is 13.9. The summed E-state index contributed by atoms with van der Waals surface area (Å²) in [6, 6.07) is 5.11. The monoisotopic (exact) mass is 299 g/mol. The van der Waals surface area contributed by atoms with Crippen LogP contribution in [0.2, 0.25) is 5.02 Å². The van der Waals surface area contributed by atoms with E-state index in [-0.39, 0.29) is 5.91 Å². The summed E-state index contributed by atoms with van der Waals surface area (Å²) in [6.45, 7) is 5.89. The second kappa shape index (κ2) is 6.95. The third kappa shape index (κ3) is 4.12. The van der Waals surface area contributed by atoms with Crippen molar-refractivity contribution in [1.29, 1.82) is 0 Å². The van der Waals surface area contributed by atoms with Gasteiger partial charge >= 0.3 is 0 Å². The highest BCUT2D eigenvalue weighted by atomic mass is 35.5. The number of carbonyl (C=O) groups excluding carboxylic acids is 1. The van der Waals surface area contributed by atoms with E-state index in [1.807, 2.05) is 0 Å². The van der Waals surface area contributed by atoms with E-state index in [9.17, 15) is 4.79 Å². The molecule has 0 heterocycles. The molecule has 0 saturated carbocycles. The molecule has 0 bridgehead atoms. The van der Waals surface area contributed by atoms with Gasteiger partial charge in [-0.3, -0.25) is 4.79 Å². The molecule has 0 aliphatic rings. The summed E-state index contributed by atoms with van der Waals surface area (Å²) >= 11 is 6.04. The summed E-state index contributed by atoms with van der Waals surface area (Å²) in [5.74, 6) is 0.737. The minimum Gasteiger partial charge on any atom is -0.495 e. The first-order valence-corrected chi connectivity index (χ1v) is 6.90. The molecular formula is C15H22ClNO3. The molecule has 112 valence electrons. The molecule has 4 nitrogen and oxygen atoms in total. The van der Waals surface area contributed by atoms with Crippen molar-refractivity contribution in [2.75, 3.05) is 19.5 Å². The molecule has 1 amide bonds. The van der Waals surface area contributed by atoms with Gasteiger partial charge in [0.15, 0.2) is 0 Å². The van der Waals surface area contributed by atoms with E-state index in [0.717, 1.165) is 0 Å². The molecule has 0 aliphatic heterocycles. The molecule has 0 saturated heterocycles. The van der Waals surface area contributed by atoms with E-state index in [0.29, 0.717) is 28.8 Å². The van der Waals surface area contributed by atoms with Gasteiger partial charge in [0.1, 0.15) is 11.4 Å². The number of methoxy groups -OCH3 is 2. The highest BCUT2D eigenvalue weighted by molar-refractivity contribution is 6.32. The Morgan fingerprint density at radius 3 is 2.50 bits per heavy atom. The fraction of sp³-hybridized carbons (Fsp3) is 0.533. The second-order valence-corrected chi connectivity index (χ2v) is 5.74. The summed E-state index contributed by atoms with van der Waals surface area (Å²) < 4.78 is 10.5. The van der Waals surface area contributed by atoms with Gasteiger partial charge in [0, 0.05) is 12.8 Å². The summed E-state index contributed by atoms with van der Waals surface area (Å²) in [6.07, 6.45) is 0.638. The Labute approximate surface area is 125 Å². The molecule has 1 atom stereocenters. The summed E-state index contributed by atoms with van der Waals surface area (Å²) in [5, 5.41) is 3.28. The fourth-order valence-electron chi connectivity index (χ4n) is 2.06. The Balaban J connectivity index is 2.86. The van der Waals surface area contributed by atoms with Crippen molar-refractivity contribution in [3.05, 3.63) is 23.2 Å². The number of amides is 1. The predicted molar refractivity (Wildman–Crippen MR) is 81.5 cm³/mol. The first kappa shape index (κ1) is 16.8. The lowest BCUT2D eigenvalue weighted by molar-refractivity contribution is -0.137. The first-order valence-electron chi connectivity index (χ1n) is 6.52. The van der Waals surface area contributed by atoms with Gasteiger partial charge in [-0.15, -0.1) is 0 Å². The third-order valence-corrected chi connectivity index (χ3v) is 3.43. The SMILES string of the molecule is COc1ccc(NC(=O)C(C)(CC(C)C)OC)cc1Cl. The Morgan fingerprint density at radius 2 is 2.05 bits per heavy atom. The van der Waals surface area contributed by atoms with Crippen LogP contribution in [0.5, 0.6) is 5.75 Å². The minimum absolute atomic E-state index is 0.185. The first-order chi connectivity index (χ1) is 9.32. The van der Waals surface area contributed by atoms with Gasteiger partial charge in [-0.25, -0.2) is 0 Å². The lowest BCUT2D eigenvalue weighted by atomic mass is 9.93. The van der Waals surface area contributed by atoms with E-state index in [2.05, 4.69) is 19.2 Å². The Kier molecular flexibility index (Phi) is 5.84. The lowest BCUT2D eigenvalue weighted by Crippen LogP contribution is -2.43. The molecule has 5 heteroatoms. The van der Waals surface area contributed by atoms with Crippen molar-refractivity contribution >= 4 is 23.2 Å². The van der Waals surface area contributed by atoms with Gasteiger partial charge in [-0.2, -0.15) is 0 Å². The highest BCUT2D eigenvalue weighted by Crippen LogP contribution is 2.28. The zero-order valence-corrected chi connectivity index (χ0v) is 13.4. The zero-order valence-electron chi connectivity index (χ0n) is 12.6. The Morgan fingerprint density at radius 1 is 1.40 bits per heavy atom. The van der Waals surface area contributed by atoms with E-state index >= 15 is 0 Å². The average Bonchev–Trinajstić information content (AvgIpc) is 2.38. The third-order valence-electron chi connectivity index (χ3n) is 3.14. The quantitative estimate of drug-likeness (QED) is 0.870. The number of anilines is 1. The van der Waals surface area contributed by atoms with E-state index in [4.69, 9.17) is 21.1 Å². The minimum atomic E-state index is -0.861. The van der Waals surface area contributed by atoms with Crippen LogP contribution in [0.4, 0.5) is 5.69 Å². The summed E-state index contributed by atoms with van der Waals surface area (Å²) in [4.78, 5) is 12.4. The summed E-state index contributed by atoms with van der Waals surface area (Å²) in [7, 11) is 3.09. The molecule has 20 heavy (non-hydrogen) atoms. The number of carbonyl (C=O) groups is 1. The van der Waals surface area contributed by atoms with Gasteiger partial charge in [-0.1, -0.05) is 25.4 Å². The van der Waals surface area contributed by atoms with Crippen molar-refractivity contribution in [2.45, 2.75) is 32.8 Å². The molecule has 0 spiro atoms. The van der Waals surface area contributed by atoms with E-state index < -0.39 is 5.60 Å². The average molecular weight is 300 g/mol. The maximum Gasteiger partial charge on any atom is 0.256 e. The molecule has 1 unspecified atom stereocenters. The van der Waals surface area contributed by atoms with Gasteiger partial charge < -0.3 is 14.8 Å². The zero-order chi connectivity index (χ0) is 15.3. The number of hydrogen-bond acceptors (Lipinski definition) is 3. The van der Waals surface area contributed by atoms with Crippen LogP contribution in [0.15, 0.2) is 18.2 Å². The smallest absolute Gasteiger partial charge is 0.256 e. The molecule has 1 aromatic rings.